The fourth-order valence-corrected chi connectivity index (χ4v) is 6.06. The molecule has 1 N–H and O–H groups in total. The number of benzene rings is 3. The van der Waals surface area contributed by atoms with Gasteiger partial charge in [-0.05, 0) is 61.7 Å². The van der Waals surface area contributed by atoms with Crippen LogP contribution in [0, 0.1) is 0 Å². The topological polar surface area (TPSA) is 86.8 Å². The molecule has 3 aromatic carbocycles. The minimum absolute atomic E-state index is 0.0443. The monoisotopic (exact) mass is 633 g/mol. The van der Waals surface area contributed by atoms with Crippen molar-refractivity contribution >= 4 is 55.1 Å². The highest BCUT2D eigenvalue weighted by Crippen LogP contribution is 2.27. The molecule has 0 aliphatic rings. The molecule has 0 aromatic heterocycles. The first-order valence-electron chi connectivity index (χ1n) is 12.7. The molecule has 7 nitrogen and oxygen atoms in total. The summed E-state index contributed by atoms with van der Waals surface area (Å²) in [5, 5.41) is 3.41. The molecular weight excluding hydrogens is 602 g/mol. The van der Waals surface area contributed by atoms with E-state index in [0.717, 1.165) is 10.7 Å². The summed E-state index contributed by atoms with van der Waals surface area (Å²) in [6.45, 7) is 5.21. The number of nitrogens with zero attached hydrogens (tertiary/aromatic N) is 2. The zero-order chi connectivity index (χ0) is 28.6. The molecule has 0 saturated carbocycles. The fourth-order valence-electron chi connectivity index (χ4n) is 4.05. The van der Waals surface area contributed by atoms with Gasteiger partial charge in [0.15, 0.2) is 0 Å². The van der Waals surface area contributed by atoms with E-state index in [1.807, 2.05) is 20.8 Å². The second-order valence-electron chi connectivity index (χ2n) is 9.16. The Kier molecular flexibility index (Phi) is 11.0. The van der Waals surface area contributed by atoms with E-state index in [1.54, 1.807) is 66.7 Å². The van der Waals surface area contributed by atoms with E-state index in [1.165, 1.54) is 17.0 Å². The molecule has 10 heteroatoms. The van der Waals surface area contributed by atoms with Gasteiger partial charge >= 0.3 is 0 Å². The lowest BCUT2D eigenvalue weighted by Crippen LogP contribution is -2.53. The van der Waals surface area contributed by atoms with Crippen LogP contribution in [0.25, 0.3) is 0 Å². The van der Waals surface area contributed by atoms with E-state index in [-0.39, 0.29) is 23.4 Å². The third-order valence-corrected chi connectivity index (χ3v) is 9.04. The molecule has 3 aromatic rings. The van der Waals surface area contributed by atoms with E-state index in [9.17, 15) is 18.0 Å². The Labute approximate surface area is 244 Å². The first-order valence-corrected chi connectivity index (χ1v) is 15.4. The molecule has 0 spiro atoms. The molecule has 0 fully saturated rings. The van der Waals surface area contributed by atoms with Crippen molar-refractivity contribution in [2.45, 2.75) is 57.1 Å². The first kappa shape index (κ1) is 30.7. The van der Waals surface area contributed by atoms with Gasteiger partial charge in [0.05, 0.1) is 10.6 Å². The lowest BCUT2D eigenvalue weighted by Gasteiger charge is -2.34. The Morgan fingerprint density at radius 1 is 0.949 bits per heavy atom. The summed E-state index contributed by atoms with van der Waals surface area (Å²) in [5.41, 5.74) is 0.971. The van der Waals surface area contributed by atoms with Crippen molar-refractivity contribution in [3.05, 3.63) is 93.9 Å². The van der Waals surface area contributed by atoms with Gasteiger partial charge in [-0.3, -0.25) is 13.9 Å². The molecule has 0 radical (unpaired) electrons. The fraction of sp³-hybridized carbons (Fsp3) is 0.310. The summed E-state index contributed by atoms with van der Waals surface area (Å²) in [6.07, 6.45) is 1.06. The summed E-state index contributed by atoms with van der Waals surface area (Å²) >= 11 is 9.83. The van der Waals surface area contributed by atoms with Crippen LogP contribution in [0.4, 0.5) is 5.69 Å². The molecule has 0 aliphatic carbocycles. The van der Waals surface area contributed by atoms with Gasteiger partial charge in [-0.2, -0.15) is 0 Å². The van der Waals surface area contributed by atoms with Crippen molar-refractivity contribution in [3.8, 4) is 0 Å². The van der Waals surface area contributed by atoms with E-state index < -0.39 is 28.5 Å². The van der Waals surface area contributed by atoms with Crippen LogP contribution in [0.5, 0.6) is 0 Å². The van der Waals surface area contributed by atoms with Crippen LogP contribution in [0.15, 0.2) is 88.2 Å². The Bertz CT molecular complexity index is 1390. The lowest BCUT2D eigenvalue weighted by atomic mass is 10.1. The summed E-state index contributed by atoms with van der Waals surface area (Å²) in [4.78, 5) is 28.8. The number of carbonyl (C=O) groups is 2. The smallest absolute Gasteiger partial charge is 0.264 e. The summed E-state index contributed by atoms with van der Waals surface area (Å²) in [6, 6.07) is 20.9. The number of halogens is 2. The molecule has 2 amide bonds. The maximum absolute atomic E-state index is 14.1. The van der Waals surface area contributed by atoms with Crippen LogP contribution in [-0.2, 0) is 26.2 Å². The van der Waals surface area contributed by atoms with Crippen LogP contribution < -0.4 is 9.62 Å². The molecular formula is C29H33BrClN3O4S. The van der Waals surface area contributed by atoms with E-state index in [4.69, 9.17) is 11.6 Å². The van der Waals surface area contributed by atoms with Gasteiger partial charge in [-0.15, -0.1) is 0 Å². The minimum Gasteiger partial charge on any atom is -0.352 e. The average molecular weight is 635 g/mol. The number of hydrogen-bond donors (Lipinski definition) is 1. The second kappa shape index (κ2) is 14.0. The SMILES string of the molecule is CC[C@@H](C)NC(=O)[C@@H](CC)N(Cc1ccccc1Cl)C(=O)CN(c1cccc(Br)c1)S(=O)(=O)c1ccccc1. The third-order valence-electron chi connectivity index (χ3n) is 6.39. The number of anilines is 1. The summed E-state index contributed by atoms with van der Waals surface area (Å²) < 4.78 is 29.4. The molecule has 3 rings (SSSR count). The molecule has 0 aliphatic heterocycles. The number of rotatable bonds is 12. The van der Waals surface area contributed by atoms with Gasteiger partial charge in [0.25, 0.3) is 10.0 Å². The van der Waals surface area contributed by atoms with Crippen molar-refractivity contribution in [2.75, 3.05) is 10.8 Å². The number of carbonyl (C=O) groups excluding carboxylic acids is 2. The minimum atomic E-state index is -4.12. The maximum Gasteiger partial charge on any atom is 0.264 e. The lowest BCUT2D eigenvalue weighted by molar-refractivity contribution is -0.140. The first-order chi connectivity index (χ1) is 18.6. The number of amides is 2. The van der Waals surface area contributed by atoms with Crippen molar-refractivity contribution < 1.29 is 18.0 Å². The zero-order valence-electron chi connectivity index (χ0n) is 22.2. The van der Waals surface area contributed by atoms with Crippen LogP contribution in [0.1, 0.15) is 39.2 Å². The molecule has 0 heterocycles. The summed E-state index contributed by atoms with van der Waals surface area (Å²) in [7, 11) is -4.12. The Morgan fingerprint density at radius 3 is 2.23 bits per heavy atom. The van der Waals surface area contributed by atoms with Crippen LogP contribution in [0.3, 0.4) is 0 Å². The molecule has 0 saturated heterocycles. The van der Waals surface area contributed by atoms with Gasteiger partial charge in [-0.25, -0.2) is 8.42 Å². The highest BCUT2D eigenvalue weighted by Gasteiger charge is 2.34. The van der Waals surface area contributed by atoms with E-state index in [0.29, 0.717) is 27.2 Å². The zero-order valence-corrected chi connectivity index (χ0v) is 25.3. The number of nitrogens with one attached hydrogen (secondary N) is 1. The van der Waals surface area contributed by atoms with Crippen LogP contribution in [-0.4, -0.2) is 43.8 Å². The van der Waals surface area contributed by atoms with Gasteiger partial charge in [-0.1, -0.05) is 83.8 Å². The number of sulfonamides is 1. The van der Waals surface area contributed by atoms with E-state index >= 15 is 0 Å². The highest BCUT2D eigenvalue weighted by molar-refractivity contribution is 9.10. The summed E-state index contributed by atoms with van der Waals surface area (Å²) in [5.74, 6) is -0.826. The normalized spacial score (nSPS) is 12.8. The Balaban J connectivity index is 2.06. The van der Waals surface area contributed by atoms with E-state index in [2.05, 4.69) is 21.2 Å². The van der Waals surface area contributed by atoms with Gasteiger partial charge < -0.3 is 10.2 Å². The molecule has 39 heavy (non-hydrogen) atoms. The number of hydrogen-bond acceptors (Lipinski definition) is 4. The molecule has 208 valence electrons. The molecule has 2 atom stereocenters. The Morgan fingerprint density at radius 2 is 1.62 bits per heavy atom. The molecule has 0 unspecified atom stereocenters. The maximum atomic E-state index is 14.1. The second-order valence-corrected chi connectivity index (χ2v) is 12.3. The standard InChI is InChI=1S/C29H33BrClN3O4S/c1-4-21(3)32-29(36)27(5-2)33(19-22-12-9-10-17-26(22)31)28(35)20-34(24-14-11-13-23(30)18-24)39(37,38)25-15-7-6-8-16-25/h6-18,21,27H,4-5,19-20H2,1-3H3,(H,32,36)/t21-,27-/m1/s1. The van der Waals surface area contributed by atoms with Crippen LogP contribution in [0.2, 0.25) is 5.02 Å². The predicted octanol–water partition coefficient (Wildman–Crippen LogP) is 6.02. The molecule has 0 bridgehead atoms. The third kappa shape index (κ3) is 7.84. The quantitative estimate of drug-likeness (QED) is 0.264. The van der Waals surface area contributed by atoms with Crippen molar-refractivity contribution in [1.82, 2.24) is 10.2 Å². The van der Waals surface area contributed by atoms with Gasteiger partial charge in [0.1, 0.15) is 12.6 Å². The van der Waals surface area contributed by atoms with Crippen LogP contribution >= 0.6 is 27.5 Å². The van der Waals surface area contributed by atoms with Crippen molar-refractivity contribution in [1.29, 1.82) is 0 Å². The largest absolute Gasteiger partial charge is 0.352 e. The highest BCUT2D eigenvalue weighted by atomic mass is 79.9. The van der Waals surface area contributed by atoms with Gasteiger partial charge in [0, 0.05) is 22.1 Å². The average Bonchev–Trinajstić information content (AvgIpc) is 2.92. The predicted molar refractivity (Wildman–Crippen MR) is 159 cm³/mol. The van der Waals surface area contributed by atoms with Crippen molar-refractivity contribution in [3.63, 3.8) is 0 Å². The van der Waals surface area contributed by atoms with Crippen molar-refractivity contribution in [2.24, 2.45) is 0 Å². The van der Waals surface area contributed by atoms with Gasteiger partial charge in [0.2, 0.25) is 11.8 Å². The Hall–Kier alpha value is -2.88.